The Kier molecular flexibility index (Phi) is 4.66. The number of nitrogens with zero attached hydrogens (tertiary/aromatic N) is 1. The van der Waals surface area contributed by atoms with Crippen molar-refractivity contribution in [3.8, 4) is 0 Å². The van der Waals surface area contributed by atoms with E-state index in [1.165, 1.54) is 36.7 Å². The second-order valence-corrected chi connectivity index (χ2v) is 4.05. The van der Waals surface area contributed by atoms with E-state index in [9.17, 15) is 14.4 Å². The van der Waals surface area contributed by atoms with Crippen molar-refractivity contribution in [2.24, 2.45) is 5.10 Å². The molecular weight excluding hydrogens is 290 g/mol. The number of hydrogen-bond acceptors (Lipinski definition) is 5. The first-order valence-corrected chi connectivity index (χ1v) is 6.07. The molecule has 2 amide bonds. The largest absolute Gasteiger partial charge is 0.478 e. The summed E-state index contributed by atoms with van der Waals surface area (Å²) in [5.41, 5.74) is 2.20. The van der Waals surface area contributed by atoms with Gasteiger partial charge >= 0.3 is 17.8 Å². The van der Waals surface area contributed by atoms with Crippen molar-refractivity contribution in [1.82, 2.24) is 5.43 Å². The normalized spacial score (nSPS) is 10.4. The number of carboxylic acid groups (broad SMARTS) is 1. The van der Waals surface area contributed by atoms with Crippen LogP contribution in [0.5, 0.6) is 0 Å². The molecule has 0 unspecified atom stereocenters. The number of carboxylic acids is 1. The Bertz CT molecular complexity index is 722. The summed E-state index contributed by atoms with van der Waals surface area (Å²) in [5, 5.41) is 14.7. The van der Waals surface area contributed by atoms with Crippen LogP contribution in [0.4, 0.5) is 5.69 Å². The molecule has 2 aromatic rings. The third-order valence-electron chi connectivity index (χ3n) is 2.47. The molecule has 112 valence electrons. The van der Waals surface area contributed by atoms with Crippen LogP contribution in [-0.4, -0.2) is 29.1 Å². The Morgan fingerprint density at radius 2 is 1.95 bits per heavy atom. The fourth-order valence-electron chi connectivity index (χ4n) is 1.49. The molecule has 2 rings (SSSR count). The molecule has 1 heterocycles. The van der Waals surface area contributed by atoms with Crippen LogP contribution in [0.3, 0.4) is 0 Å². The van der Waals surface area contributed by atoms with Gasteiger partial charge in [0.2, 0.25) is 0 Å². The maximum atomic E-state index is 11.6. The number of hydrogen-bond donors (Lipinski definition) is 3. The van der Waals surface area contributed by atoms with Crippen molar-refractivity contribution in [1.29, 1.82) is 0 Å². The molecule has 0 bridgehead atoms. The lowest BCUT2D eigenvalue weighted by Crippen LogP contribution is -2.32. The van der Waals surface area contributed by atoms with E-state index in [4.69, 9.17) is 9.52 Å². The lowest BCUT2D eigenvalue weighted by molar-refractivity contribution is -0.136. The Morgan fingerprint density at radius 1 is 1.14 bits per heavy atom. The SMILES string of the molecule is O=C(N/N=C/c1ccco1)C(=O)Nc1cccc(C(=O)O)c1. The van der Waals surface area contributed by atoms with Gasteiger partial charge in [-0.05, 0) is 30.3 Å². The molecule has 0 fully saturated rings. The average molecular weight is 301 g/mol. The minimum Gasteiger partial charge on any atom is -0.478 e. The molecule has 22 heavy (non-hydrogen) atoms. The monoisotopic (exact) mass is 301 g/mol. The van der Waals surface area contributed by atoms with Gasteiger partial charge in [-0.3, -0.25) is 9.59 Å². The topological polar surface area (TPSA) is 121 Å². The van der Waals surface area contributed by atoms with Gasteiger partial charge in [0.25, 0.3) is 0 Å². The second-order valence-electron chi connectivity index (χ2n) is 4.05. The van der Waals surface area contributed by atoms with Crippen LogP contribution < -0.4 is 10.7 Å². The number of carbonyl (C=O) groups excluding carboxylic acids is 2. The summed E-state index contributed by atoms with van der Waals surface area (Å²) in [7, 11) is 0. The van der Waals surface area contributed by atoms with E-state index in [-0.39, 0.29) is 11.3 Å². The average Bonchev–Trinajstić information content (AvgIpc) is 3.00. The van der Waals surface area contributed by atoms with Crippen molar-refractivity contribution in [2.45, 2.75) is 0 Å². The van der Waals surface area contributed by atoms with Crippen LogP contribution in [0.25, 0.3) is 0 Å². The number of benzene rings is 1. The minimum atomic E-state index is -1.14. The fourth-order valence-corrected chi connectivity index (χ4v) is 1.49. The predicted octanol–water partition coefficient (Wildman–Crippen LogP) is 1.07. The Balaban J connectivity index is 1.92. The smallest absolute Gasteiger partial charge is 0.335 e. The zero-order chi connectivity index (χ0) is 15.9. The fraction of sp³-hybridized carbons (Fsp3) is 0. The molecule has 0 aliphatic rings. The standard InChI is InChI=1S/C14H11N3O5/c18-12(13(19)17-15-8-11-5-2-6-22-11)16-10-4-1-3-9(7-10)14(20)21/h1-8H,(H,16,18)(H,17,19)(H,20,21)/b15-8+. The molecule has 1 aromatic carbocycles. The van der Waals surface area contributed by atoms with Crippen LogP contribution in [0.1, 0.15) is 16.1 Å². The Hall–Kier alpha value is -3.42. The number of furan rings is 1. The molecule has 0 aliphatic carbocycles. The third-order valence-corrected chi connectivity index (χ3v) is 2.47. The molecular formula is C14H11N3O5. The molecule has 0 saturated carbocycles. The van der Waals surface area contributed by atoms with E-state index < -0.39 is 17.8 Å². The highest BCUT2D eigenvalue weighted by molar-refractivity contribution is 6.39. The van der Waals surface area contributed by atoms with E-state index in [1.54, 1.807) is 12.1 Å². The number of nitrogens with one attached hydrogen (secondary N) is 2. The zero-order valence-corrected chi connectivity index (χ0v) is 11.1. The summed E-state index contributed by atoms with van der Waals surface area (Å²) < 4.78 is 4.95. The van der Waals surface area contributed by atoms with Crippen LogP contribution >= 0.6 is 0 Å². The maximum absolute atomic E-state index is 11.6. The summed E-state index contributed by atoms with van der Waals surface area (Å²) in [5.74, 6) is -2.69. The molecule has 0 atom stereocenters. The second kappa shape index (κ2) is 6.84. The number of aromatic carboxylic acids is 1. The van der Waals surface area contributed by atoms with Crippen molar-refractivity contribution in [3.63, 3.8) is 0 Å². The summed E-state index contributed by atoms with van der Waals surface area (Å²) in [6.07, 6.45) is 2.67. The number of rotatable bonds is 4. The maximum Gasteiger partial charge on any atom is 0.335 e. The molecule has 0 radical (unpaired) electrons. The highest BCUT2D eigenvalue weighted by atomic mass is 16.4. The zero-order valence-electron chi connectivity index (χ0n) is 11.1. The molecule has 8 heteroatoms. The summed E-state index contributed by atoms with van der Waals surface area (Å²) in [6.45, 7) is 0. The lowest BCUT2D eigenvalue weighted by Gasteiger charge is -2.04. The van der Waals surface area contributed by atoms with Gasteiger partial charge < -0.3 is 14.8 Å². The van der Waals surface area contributed by atoms with E-state index in [0.717, 1.165) is 0 Å². The summed E-state index contributed by atoms with van der Waals surface area (Å²) in [6, 6.07) is 8.78. The molecule has 0 spiro atoms. The first-order valence-electron chi connectivity index (χ1n) is 6.07. The molecule has 8 nitrogen and oxygen atoms in total. The number of anilines is 1. The molecule has 3 N–H and O–H groups in total. The van der Waals surface area contributed by atoms with Crippen molar-refractivity contribution in [3.05, 3.63) is 54.0 Å². The lowest BCUT2D eigenvalue weighted by atomic mass is 10.2. The van der Waals surface area contributed by atoms with E-state index in [2.05, 4.69) is 10.4 Å². The predicted molar refractivity (Wildman–Crippen MR) is 76.5 cm³/mol. The highest BCUT2D eigenvalue weighted by Gasteiger charge is 2.13. The molecule has 0 aliphatic heterocycles. The van der Waals surface area contributed by atoms with Gasteiger partial charge in [-0.1, -0.05) is 6.07 Å². The number of hydrazone groups is 1. The molecule has 1 aromatic heterocycles. The van der Waals surface area contributed by atoms with Crippen molar-refractivity contribution >= 4 is 29.7 Å². The van der Waals surface area contributed by atoms with Crippen molar-refractivity contribution < 1.29 is 23.9 Å². The number of amides is 2. The van der Waals surface area contributed by atoms with Crippen LogP contribution in [0, 0.1) is 0 Å². The first kappa shape index (κ1) is 15.0. The van der Waals surface area contributed by atoms with Gasteiger partial charge in [-0.15, -0.1) is 0 Å². The Morgan fingerprint density at radius 3 is 2.64 bits per heavy atom. The van der Waals surface area contributed by atoms with Gasteiger partial charge in [0.05, 0.1) is 18.0 Å². The van der Waals surface area contributed by atoms with Crippen LogP contribution in [0.2, 0.25) is 0 Å². The van der Waals surface area contributed by atoms with Gasteiger partial charge in [0.15, 0.2) is 0 Å². The van der Waals surface area contributed by atoms with Crippen molar-refractivity contribution in [2.75, 3.05) is 5.32 Å². The summed E-state index contributed by atoms with van der Waals surface area (Å²) >= 11 is 0. The van der Waals surface area contributed by atoms with Crippen LogP contribution in [-0.2, 0) is 9.59 Å². The number of carbonyl (C=O) groups is 3. The Labute approximate surface area is 124 Å². The van der Waals surface area contributed by atoms with Gasteiger partial charge in [0.1, 0.15) is 5.76 Å². The van der Waals surface area contributed by atoms with Gasteiger partial charge in [-0.2, -0.15) is 5.10 Å². The highest BCUT2D eigenvalue weighted by Crippen LogP contribution is 2.10. The minimum absolute atomic E-state index is 0.00551. The summed E-state index contributed by atoms with van der Waals surface area (Å²) in [4.78, 5) is 33.9. The molecule has 0 saturated heterocycles. The van der Waals surface area contributed by atoms with E-state index >= 15 is 0 Å². The third kappa shape index (κ3) is 4.04. The quantitative estimate of drug-likeness (QED) is 0.443. The van der Waals surface area contributed by atoms with E-state index in [1.807, 2.05) is 5.43 Å². The first-order chi connectivity index (χ1) is 10.6. The van der Waals surface area contributed by atoms with Gasteiger partial charge in [-0.25, -0.2) is 10.2 Å². The van der Waals surface area contributed by atoms with E-state index in [0.29, 0.717) is 5.76 Å². The van der Waals surface area contributed by atoms with Gasteiger partial charge in [0, 0.05) is 5.69 Å². The van der Waals surface area contributed by atoms with Crippen LogP contribution in [0.15, 0.2) is 52.2 Å².